The number of piperazine rings is 1. The smallest absolute Gasteiger partial charge is 0.312 e. The average molecular weight is 809 g/mol. The van der Waals surface area contributed by atoms with E-state index in [4.69, 9.17) is 18.9 Å². The molecule has 0 spiro atoms. The van der Waals surface area contributed by atoms with Gasteiger partial charge in [0.15, 0.2) is 5.75 Å². The second-order valence-electron chi connectivity index (χ2n) is 15.6. The van der Waals surface area contributed by atoms with Crippen molar-refractivity contribution in [2.24, 2.45) is 28.8 Å². The van der Waals surface area contributed by atoms with Gasteiger partial charge in [-0.2, -0.15) is 5.10 Å². The van der Waals surface area contributed by atoms with Crippen LogP contribution in [-0.4, -0.2) is 118 Å². The average Bonchev–Trinajstić information content (AvgIpc) is 3.46. The van der Waals surface area contributed by atoms with Crippen LogP contribution in [0.1, 0.15) is 70.0 Å². The molecule has 6 rings (SSSR count). The lowest BCUT2D eigenvalue weighted by Gasteiger charge is -2.38. The van der Waals surface area contributed by atoms with Crippen LogP contribution < -0.4 is 15.4 Å². The molecule has 16 heteroatoms. The standard InChI is InChI=1S/C42H56N4O12/c1-20-11-10-12-21(2)41(54)45-32-27(19-44-46-16-14-43-15-17-46)36(51)29-30(37(32)52)35(50)25(6)39-31(29)40(53)42(8,58-39)56-18-13-28(55-9)22(3)38(57-26(7)47)24(5)34(49)23(4)33(20)48/h10-13,18-20,22-24,28,33-34,38,43,48-52H,14-17H2,1-9H3,(H,45,54)/b11-10-,18-13-,21-12-,44-19?/t20-,22+,23+,24+,28-,33-,34+,38-,42-/m0/s1. The van der Waals surface area contributed by atoms with Gasteiger partial charge in [0.25, 0.3) is 11.7 Å². The van der Waals surface area contributed by atoms with E-state index >= 15 is 0 Å². The van der Waals surface area contributed by atoms with E-state index < -0.39 is 88.8 Å². The lowest BCUT2D eigenvalue weighted by Crippen LogP contribution is -2.46. The monoisotopic (exact) mass is 808 g/mol. The molecule has 58 heavy (non-hydrogen) atoms. The SMILES string of the molecule is CO[C@H]1/C=C\O[C@@]2(C)Oc3c(C)c(O)c4c(O)c(c(C=NN5CCNCC5)c(O)c4c3C2=O)NC(=O)/C(C)=C\C=C/[C@H](C)[C@H](O)[C@@H](C)[C@@H](O)[C@@H](C)[C@@H](OC(C)=O)[C@@H]1C. The van der Waals surface area contributed by atoms with Gasteiger partial charge in [0.2, 0.25) is 0 Å². The number of benzene rings is 2. The minimum Gasteiger partial charge on any atom is -0.507 e. The van der Waals surface area contributed by atoms with Gasteiger partial charge in [-0.25, -0.2) is 0 Å². The molecule has 7 N–H and O–H groups in total. The number of fused-ring (bicyclic) bond motifs is 14. The number of nitrogens with zero attached hydrogens (tertiary/aromatic N) is 2. The van der Waals surface area contributed by atoms with Gasteiger partial charge in [0, 0.05) is 87.3 Å². The Balaban J connectivity index is 1.71. The van der Waals surface area contributed by atoms with Gasteiger partial charge in [0.05, 0.1) is 53.0 Å². The van der Waals surface area contributed by atoms with Gasteiger partial charge in [-0.3, -0.25) is 19.4 Å². The molecule has 0 aliphatic carbocycles. The molecule has 1 saturated heterocycles. The number of phenolic OH excluding ortho intramolecular Hbond substituents is 3. The highest BCUT2D eigenvalue weighted by molar-refractivity contribution is 6.23. The van der Waals surface area contributed by atoms with Crippen molar-refractivity contribution < 1.29 is 58.9 Å². The molecule has 0 radical (unpaired) electrons. The number of anilines is 1. The summed E-state index contributed by atoms with van der Waals surface area (Å²) in [4.78, 5) is 40.4. The minimum atomic E-state index is -2.04. The molecule has 1 fully saturated rings. The number of aliphatic hydroxyl groups is 2. The first-order chi connectivity index (χ1) is 27.3. The molecule has 2 aromatic rings. The third kappa shape index (κ3) is 8.51. The normalized spacial score (nSPS) is 32.1. The van der Waals surface area contributed by atoms with Crippen LogP contribution in [0.3, 0.4) is 0 Å². The van der Waals surface area contributed by atoms with Crippen LogP contribution in [0, 0.1) is 30.6 Å². The Morgan fingerprint density at radius 2 is 1.64 bits per heavy atom. The van der Waals surface area contributed by atoms with E-state index in [0.717, 1.165) is 0 Å². The number of carbonyl (C=O) groups is 3. The van der Waals surface area contributed by atoms with E-state index in [9.17, 15) is 39.9 Å². The molecule has 0 saturated carbocycles. The fourth-order valence-electron chi connectivity index (χ4n) is 7.78. The fraction of sp³-hybridized carbons (Fsp3) is 0.524. The van der Waals surface area contributed by atoms with Gasteiger partial charge < -0.3 is 55.1 Å². The molecule has 4 aliphatic rings. The number of aromatic hydroxyl groups is 3. The van der Waals surface area contributed by atoms with E-state index in [1.54, 1.807) is 44.9 Å². The van der Waals surface area contributed by atoms with Gasteiger partial charge in [-0.15, -0.1) is 0 Å². The summed E-state index contributed by atoms with van der Waals surface area (Å²) in [7, 11) is 1.44. The summed E-state index contributed by atoms with van der Waals surface area (Å²) in [5.74, 6) is -8.36. The second kappa shape index (κ2) is 17.8. The van der Waals surface area contributed by atoms with E-state index in [2.05, 4.69) is 15.7 Å². The molecule has 4 aliphatic heterocycles. The van der Waals surface area contributed by atoms with Crippen LogP contribution in [-0.2, 0) is 23.8 Å². The Hall–Kier alpha value is -5.16. The summed E-state index contributed by atoms with van der Waals surface area (Å²) in [6, 6.07) is 0. The topological polar surface area (TPSA) is 229 Å². The molecular weight excluding hydrogens is 752 g/mol. The summed E-state index contributed by atoms with van der Waals surface area (Å²) in [6.45, 7) is 14.9. The van der Waals surface area contributed by atoms with Crippen LogP contribution in [0.15, 0.2) is 41.2 Å². The van der Waals surface area contributed by atoms with Crippen molar-refractivity contribution in [3.05, 3.63) is 52.8 Å². The Bertz CT molecular complexity index is 2040. The van der Waals surface area contributed by atoms with Crippen molar-refractivity contribution in [1.29, 1.82) is 0 Å². The largest absolute Gasteiger partial charge is 0.507 e. The zero-order valence-electron chi connectivity index (χ0n) is 34.4. The molecule has 4 heterocycles. The second-order valence-corrected chi connectivity index (χ2v) is 15.6. The van der Waals surface area contributed by atoms with Crippen LogP contribution >= 0.6 is 0 Å². The lowest BCUT2D eigenvalue weighted by atomic mass is 9.78. The highest BCUT2D eigenvalue weighted by Gasteiger charge is 2.50. The molecular formula is C42H56N4O12. The van der Waals surface area contributed by atoms with E-state index in [1.165, 1.54) is 59.4 Å². The molecule has 16 nitrogen and oxygen atoms in total. The van der Waals surface area contributed by atoms with Crippen molar-refractivity contribution in [2.75, 3.05) is 38.6 Å². The maximum atomic E-state index is 14.4. The number of amides is 1. The Labute approximate surface area is 337 Å². The number of hydrogen-bond donors (Lipinski definition) is 7. The van der Waals surface area contributed by atoms with Gasteiger partial charge in [-0.1, -0.05) is 45.9 Å². The van der Waals surface area contributed by atoms with Crippen molar-refractivity contribution >= 4 is 40.3 Å². The summed E-state index contributed by atoms with van der Waals surface area (Å²) < 4.78 is 23.6. The van der Waals surface area contributed by atoms with E-state index in [-0.39, 0.29) is 44.5 Å². The molecule has 2 aromatic carbocycles. The predicted molar refractivity (Wildman–Crippen MR) is 216 cm³/mol. The molecule has 5 bridgehead atoms. The quantitative estimate of drug-likeness (QED) is 0.100. The number of carbonyl (C=O) groups excluding carboxylic acids is 3. The number of aliphatic hydroxyl groups excluding tert-OH is 2. The number of hydrogen-bond acceptors (Lipinski definition) is 15. The molecule has 0 aromatic heterocycles. The lowest BCUT2D eigenvalue weighted by molar-refractivity contribution is -0.160. The summed E-state index contributed by atoms with van der Waals surface area (Å²) in [5, 5.41) is 69.8. The van der Waals surface area contributed by atoms with Crippen LogP contribution in [0.4, 0.5) is 5.69 Å². The van der Waals surface area contributed by atoms with E-state index in [1.807, 2.05) is 0 Å². The number of phenols is 3. The Morgan fingerprint density at radius 3 is 2.28 bits per heavy atom. The maximum absolute atomic E-state index is 14.4. The summed E-state index contributed by atoms with van der Waals surface area (Å²) in [6.07, 6.45) is 4.83. The van der Waals surface area contributed by atoms with Gasteiger partial charge >= 0.3 is 11.8 Å². The number of Topliss-reactive ketones (excluding diaryl/α,β-unsaturated/α-hetero) is 1. The highest BCUT2D eigenvalue weighted by atomic mass is 16.7. The van der Waals surface area contributed by atoms with E-state index in [0.29, 0.717) is 26.2 Å². The number of nitrogens with one attached hydrogen (secondary N) is 2. The zero-order valence-corrected chi connectivity index (χ0v) is 34.4. The number of rotatable bonds is 4. The number of methoxy groups -OCH3 is 1. The molecule has 316 valence electrons. The van der Waals surface area contributed by atoms with Gasteiger partial charge in [-0.05, 0) is 19.9 Å². The Morgan fingerprint density at radius 1 is 0.966 bits per heavy atom. The van der Waals surface area contributed by atoms with Crippen molar-refractivity contribution in [1.82, 2.24) is 10.3 Å². The van der Waals surface area contributed by atoms with Crippen molar-refractivity contribution in [3.63, 3.8) is 0 Å². The van der Waals surface area contributed by atoms with Crippen LogP contribution in [0.5, 0.6) is 23.0 Å². The predicted octanol–water partition coefficient (Wildman–Crippen LogP) is 3.99. The number of hydrazone groups is 1. The first-order valence-electron chi connectivity index (χ1n) is 19.4. The van der Waals surface area contributed by atoms with Gasteiger partial charge in [0.1, 0.15) is 23.4 Å². The third-order valence-corrected chi connectivity index (χ3v) is 11.5. The molecule has 0 unspecified atom stereocenters. The summed E-state index contributed by atoms with van der Waals surface area (Å²) in [5.41, 5.74) is -0.364. The first kappa shape index (κ1) is 44.0. The zero-order chi connectivity index (χ0) is 42.8. The maximum Gasteiger partial charge on any atom is 0.312 e. The molecule has 9 atom stereocenters. The summed E-state index contributed by atoms with van der Waals surface area (Å²) >= 11 is 0. The van der Waals surface area contributed by atoms with Crippen LogP contribution in [0.25, 0.3) is 10.8 Å². The number of ketones is 1. The first-order valence-corrected chi connectivity index (χ1v) is 19.4. The number of allylic oxidation sites excluding steroid dienone is 2. The highest BCUT2D eigenvalue weighted by Crippen LogP contribution is 2.55. The third-order valence-electron chi connectivity index (χ3n) is 11.5. The van der Waals surface area contributed by atoms with Crippen molar-refractivity contribution in [2.45, 2.75) is 85.6 Å². The van der Waals surface area contributed by atoms with Crippen molar-refractivity contribution in [3.8, 4) is 23.0 Å². The van der Waals surface area contributed by atoms with Crippen LogP contribution in [0.2, 0.25) is 0 Å². The molecule has 1 amide bonds. The minimum absolute atomic E-state index is 0.0544. The Kier molecular flexibility index (Phi) is 13.5. The number of esters is 1. The fourth-order valence-corrected chi connectivity index (χ4v) is 7.78. The number of ether oxygens (including phenoxy) is 4.